The Labute approximate surface area is 89.1 Å². The normalized spacial score (nSPS) is 16.0. The van der Waals surface area contributed by atoms with E-state index in [1.807, 2.05) is 18.7 Å². The van der Waals surface area contributed by atoms with Crippen molar-refractivity contribution in [2.24, 2.45) is 0 Å². The summed E-state index contributed by atoms with van der Waals surface area (Å²) in [7, 11) is 0. The topological polar surface area (TPSA) is 62.4 Å². The van der Waals surface area contributed by atoms with E-state index < -0.39 is 0 Å². The van der Waals surface area contributed by atoms with E-state index in [0.717, 1.165) is 18.7 Å². The molecule has 1 N–H and O–H groups in total. The number of nitrogens with zero attached hydrogens (tertiary/aromatic N) is 3. The number of anilines is 1. The minimum absolute atomic E-state index is 0.121. The Hall–Kier alpha value is -1.10. The maximum Gasteiger partial charge on any atom is 0.324 e. The minimum Gasteiger partial charge on any atom is -0.395 e. The quantitative estimate of drug-likeness (QED) is 0.791. The first-order valence-electron chi connectivity index (χ1n) is 5.43. The fourth-order valence-electron chi connectivity index (χ4n) is 1.51. The van der Waals surface area contributed by atoms with Crippen LogP contribution in [0, 0.1) is 0 Å². The third kappa shape index (κ3) is 2.28. The van der Waals surface area contributed by atoms with Crippen molar-refractivity contribution in [3.05, 3.63) is 5.82 Å². The van der Waals surface area contributed by atoms with Gasteiger partial charge in [0.2, 0.25) is 0 Å². The van der Waals surface area contributed by atoms with Crippen LogP contribution in [-0.2, 0) is 0 Å². The van der Waals surface area contributed by atoms with Crippen molar-refractivity contribution in [3.8, 4) is 0 Å². The van der Waals surface area contributed by atoms with Gasteiger partial charge in [0.1, 0.15) is 0 Å². The SMILES string of the molecule is CC(C)c1noc(N(CCO)C2CC2)n1. The van der Waals surface area contributed by atoms with E-state index >= 15 is 0 Å². The monoisotopic (exact) mass is 211 g/mol. The Morgan fingerprint density at radius 1 is 1.53 bits per heavy atom. The molecule has 1 aromatic heterocycles. The second-order valence-corrected chi connectivity index (χ2v) is 4.24. The van der Waals surface area contributed by atoms with E-state index in [4.69, 9.17) is 9.63 Å². The molecule has 1 heterocycles. The van der Waals surface area contributed by atoms with Crippen LogP contribution in [0.1, 0.15) is 38.4 Å². The zero-order valence-electron chi connectivity index (χ0n) is 9.18. The molecule has 0 saturated heterocycles. The van der Waals surface area contributed by atoms with Crippen LogP contribution in [0.5, 0.6) is 0 Å². The molecule has 0 aliphatic heterocycles. The van der Waals surface area contributed by atoms with Crippen LogP contribution in [0.25, 0.3) is 0 Å². The van der Waals surface area contributed by atoms with Gasteiger partial charge in [0.25, 0.3) is 0 Å². The zero-order chi connectivity index (χ0) is 10.8. The van der Waals surface area contributed by atoms with Crippen molar-refractivity contribution in [2.45, 2.75) is 38.6 Å². The average Bonchev–Trinajstić information content (AvgIpc) is 2.91. The molecule has 0 spiro atoms. The van der Waals surface area contributed by atoms with Gasteiger partial charge in [-0.3, -0.25) is 0 Å². The van der Waals surface area contributed by atoms with Crippen molar-refractivity contribution >= 4 is 6.01 Å². The maximum atomic E-state index is 8.96. The fourth-order valence-corrected chi connectivity index (χ4v) is 1.51. The van der Waals surface area contributed by atoms with Gasteiger partial charge >= 0.3 is 6.01 Å². The average molecular weight is 211 g/mol. The lowest BCUT2D eigenvalue weighted by molar-refractivity contribution is 0.295. The molecule has 0 atom stereocenters. The summed E-state index contributed by atoms with van der Waals surface area (Å²) in [5.41, 5.74) is 0. The standard InChI is InChI=1S/C10H17N3O2/c1-7(2)9-11-10(15-12-9)13(5-6-14)8-3-4-8/h7-8,14H,3-6H2,1-2H3. The zero-order valence-corrected chi connectivity index (χ0v) is 9.18. The van der Waals surface area contributed by atoms with Crippen LogP contribution in [0.3, 0.4) is 0 Å². The first kappa shape index (κ1) is 10.4. The molecule has 0 unspecified atom stereocenters. The fraction of sp³-hybridized carbons (Fsp3) is 0.800. The lowest BCUT2D eigenvalue weighted by Gasteiger charge is -2.17. The van der Waals surface area contributed by atoms with Gasteiger partial charge in [-0.25, -0.2) is 0 Å². The van der Waals surface area contributed by atoms with Gasteiger partial charge in [0.05, 0.1) is 6.61 Å². The van der Waals surface area contributed by atoms with E-state index in [2.05, 4.69) is 10.1 Å². The number of aromatic nitrogens is 2. The van der Waals surface area contributed by atoms with Gasteiger partial charge in [-0.2, -0.15) is 4.98 Å². The highest BCUT2D eigenvalue weighted by Crippen LogP contribution is 2.30. The van der Waals surface area contributed by atoms with Crippen molar-refractivity contribution in [2.75, 3.05) is 18.1 Å². The highest BCUT2D eigenvalue weighted by atomic mass is 16.5. The molecule has 1 fully saturated rings. The third-order valence-corrected chi connectivity index (χ3v) is 2.52. The lowest BCUT2D eigenvalue weighted by atomic mass is 10.2. The van der Waals surface area contributed by atoms with Crippen LogP contribution in [-0.4, -0.2) is 34.4 Å². The summed E-state index contributed by atoms with van der Waals surface area (Å²) >= 11 is 0. The van der Waals surface area contributed by atoms with Crippen LogP contribution < -0.4 is 4.90 Å². The molecule has 0 bridgehead atoms. The predicted octanol–water partition coefficient (Wildman–Crippen LogP) is 1.15. The van der Waals surface area contributed by atoms with E-state index in [9.17, 15) is 0 Å². The number of aliphatic hydroxyl groups is 1. The van der Waals surface area contributed by atoms with Crippen LogP contribution in [0.15, 0.2) is 4.52 Å². The Morgan fingerprint density at radius 2 is 2.27 bits per heavy atom. The second kappa shape index (κ2) is 4.18. The van der Waals surface area contributed by atoms with Gasteiger partial charge in [0, 0.05) is 18.5 Å². The van der Waals surface area contributed by atoms with Crippen molar-refractivity contribution in [1.82, 2.24) is 10.1 Å². The van der Waals surface area contributed by atoms with E-state index in [1.165, 1.54) is 0 Å². The minimum atomic E-state index is 0.121. The number of hydrogen-bond acceptors (Lipinski definition) is 5. The Balaban J connectivity index is 2.10. The summed E-state index contributed by atoms with van der Waals surface area (Å²) in [6, 6.07) is 1.04. The molecule has 1 saturated carbocycles. The second-order valence-electron chi connectivity index (χ2n) is 4.24. The summed E-state index contributed by atoms with van der Waals surface area (Å²) in [5, 5.41) is 12.9. The van der Waals surface area contributed by atoms with Gasteiger partial charge in [0.15, 0.2) is 5.82 Å². The summed E-state index contributed by atoms with van der Waals surface area (Å²) in [6.45, 7) is 4.75. The number of rotatable bonds is 5. The molecule has 0 amide bonds. The highest BCUT2D eigenvalue weighted by molar-refractivity contribution is 5.30. The summed E-state index contributed by atoms with van der Waals surface area (Å²) < 4.78 is 5.20. The van der Waals surface area contributed by atoms with E-state index in [0.29, 0.717) is 18.6 Å². The smallest absolute Gasteiger partial charge is 0.324 e. The number of aliphatic hydroxyl groups excluding tert-OH is 1. The molecule has 2 rings (SSSR count). The Kier molecular flexibility index (Phi) is 2.90. The lowest BCUT2D eigenvalue weighted by Crippen LogP contribution is -2.29. The molecular weight excluding hydrogens is 194 g/mol. The summed E-state index contributed by atoms with van der Waals surface area (Å²) in [4.78, 5) is 6.33. The maximum absolute atomic E-state index is 8.96. The predicted molar refractivity (Wildman–Crippen MR) is 55.8 cm³/mol. The molecule has 1 aliphatic rings. The molecule has 0 aromatic carbocycles. The van der Waals surface area contributed by atoms with Crippen LogP contribution in [0.2, 0.25) is 0 Å². The van der Waals surface area contributed by atoms with E-state index in [-0.39, 0.29) is 12.5 Å². The number of hydrogen-bond donors (Lipinski definition) is 1. The molecule has 5 heteroatoms. The molecule has 1 aliphatic carbocycles. The molecule has 0 radical (unpaired) electrons. The van der Waals surface area contributed by atoms with Crippen molar-refractivity contribution in [3.63, 3.8) is 0 Å². The van der Waals surface area contributed by atoms with Gasteiger partial charge in [-0.15, -0.1) is 0 Å². The largest absolute Gasteiger partial charge is 0.395 e. The van der Waals surface area contributed by atoms with Gasteiger partial charge in [-0.05, 0) is 12.8 Å². The van der Waals surface area contributed by atoms with Crippen molar-refractivity contribution < 1.29 is 9.63 Å². The molecular formula is C10H17N3O2. The van der Waals surface area contributed by atoms with Gasteiger partial charge in [-0.1, -0.05) is 19.0 Å². The Bertz CT molecular complexity index is 320. The van der Waals surface area contributed by atoms with Crippen molar-refractivity contribution in [1.29, 1.82) is 0 Å². The summed E-state index contributed by atoms with van der Waals surface area (Å²) in [6.07, 6.45) is 2.30. The highest BCUT2D eigenvalue weighted by Gasteiger charge is 2.32. The molecule has 84 valence electrons. The first-order chi connectivity index (χ1) is 7.22. The van der Waals surface area contributed by atoms with E-state index in [1.54, 1.807) is 0 Å². The molecule has 5 nitrogen and oxygen atoms in total. The third-order valence-electron chi connectivity index (χ3n) is 2.52. The van der Waals surface area contributed by atoms with Crippen LogP contribution in [0.4, 0.5) is 6.01 Å². The first-order valence-corrected chi connectivity index (χ1v) is 5.43. The van der Waals surface area contributed by atoms with Crippen LogP contribution >= 0.6 is 0 Å². The molecule has 1 aromatic rings. The Morgan fingerprint density at radius 3 is 2.73 bits per heavy atom. The van der Waals surface area contributed by atoms with Gasteiger partial charge < -0.3 is 14.5 Å². The molecule has 15 heavy (non-hydrogen) atoms. The summed E-state index contributed by atoms with van der Waals surface area (Å²) in [5.74, 6) is 1.01.